The molecule has 0 bridgehead atoms. The number of rotatable bonds is 3. The Labute approximate surface area is 113 Å². The molecule has 0 spiro atoms. The molecule has 104 valence electrons. The van der Waals surface area contributed by atoms with E-state index in [1.165, 1.54) is 0 Å². The molecule has 1 unspecified atom stereocenters. The largest absolute Gasteiger partial charge is 0.373 e. The molecule has 2 rings (SSSR count). The molecule has 1 aromatic rings. The fourth-order valence-electron chi connectivity index (χ4n) is 2.60. The number of piperidine rings is 1. The molecule has 1 aliphatic heterocycles. The summed E-state index contributed by atoms with van der Waals surface area (Å²) in [5.74, 6) is 1.93. The number of hydrogen-bond acceptors (Lipinski definition) is 5. The topological polar surface area (TPSA) is 70.2 Å². The predicted octanol–water partition coefficient (Wildman–Crippen LogP) is 0.789. The summed E-state index contributed by atoms with van der Waals surface area (Å²) in [6, 6.07) is 0. The van der Waals surface area contributed by atoms with Crippen LogP contribution in [0.1, 0.15) is 18.4 Å². The maximum Gasteiger partial charge on any atom is 0.224 e. The Balaban J connectivity index is 2.20. The Morgan fingerprint density at radius 1 is 1.42 bits per heavy atom. The molecule has 1 aliphatic rings. The van der Waals surface area contributed by atoms with Gasteiger partial charge in [-0.25, -0.2) is 9.97 Å². The molecule has 2 N–H and O–H groups in total. The van der Waals surface area contributed by atoms with Crippen LogP contribution >= 0.6 is 0 Å². The van der Waals surface area contributed by atoms with E-state index in [1.807, 2.05) is 14.0 Å². The molecule has 2 heterocycles. The monoisotopic (exact) mass is 263 g/mol. The van der Waals surface area contributed by atoms with Crippen molar-refractivity contribution in [1.29, 1.82) is 0 Å². The molecule has 6 heteroatoms. The smallest absolute Gasteiger partial charge is 0.224 e. The van der Waals surface area contributed by atoms with Crippen molar-refractivity contribution in [2.24, 2.45) is 5.92 Å². The lowest BCUT2D eigenvalue weighted by atomic mass is 9.97. The van der Waals surface area contributed by atoms with Gasteiger partial charge in [0.15, 0.2) is 0 Å². The summed E-state index contributed by atoms with van der Waals surface area (Å²) in [7, 11) is 3.54. The highest BCUT2D eigenvalue weighted by Gasteiger charge is 2.26. The lowest BCUT2D eigenvalue weighted by molar-refractivity contribution is -0.124. The van der Waals surface area contributed by atoms with Crippen molar-refractivity contribution < 1.29 is 4.79 Å². The number of anilines is 2. The standard InChI is InChI=1S/C13H21N5O/c1-9-11(14-2)16-8-17-12(9)18-6-4-5-10(7-18)13(19)15-3/h8,10H,4-7H2,1-3H3,(H,15,19)(H,14,16,17). The van der Waals surface area contributed by atoms with Crippen molar-refractivity contribution in [3.63, 3.8) is 0 Å². The first-order valence-corrected chi connectivity index (χ1v) is 6.63. The first-order chi connectivity index (χ1) is 9.17. The van der Waals surface area contributed by atoms with Gasteiger partial charge in [0.05, 0.1) is 5.92 Å². The van der Waals surface area contributed by atoms with Crippen LogP contribution in [0.2, 0.25) is 0 Å². The first-order valence-electron chi connectivity index (χ1n) is 6.63. The van der Waals surface area contributed by atoms with Crippen LogP contribution in [0.3, 0.4) is 0 Å². The number of carbonyl (C=O) groups is 1. The van der Waals surface area contributed by atoms with E-state index >= 15 is 0 Å². The van der Waals surface area contributed by atoms with Gasteiger partial charge in [0.25, 0.3) is 0 Å². The van der Waals surface area contributed by atoms with Crippen molar-refractivity contribution in [2.75, 3.05) is 37.4 Å². The summed E-state index contributed by atoms with van der Waals surface area (Å²) in [6.07, 6.45) is 3.52. The molecule has 1 fully saturated rings. The molecule has 1 amide bonds. The number of amides is 1. The summed E-state index contributed by atoms with van der Waals surface area (Å²) in [4.78, 5) is 22.5. The average Bonchev–Trinajstić information content (AvgIpc) is 2.46. The van der Waals surface area contributed by atoms with Crippen LogP contribution in [0.25, 0.3) is 0 Å². The second-order valence-corrected chi connectivity index (χ2v) is 4.82. The van der Waals surface area contributed by atoms with Crippen molar-refractivity contribution in [3.05, 3.63) is 11.9 Å². The Kier molecular flexibility index (Phi) is 4.19. The number of aromatic nitrogens is 2. The second kappa shape index (κ2) is 5.86. The molecule has 6 nitrogen and oxygen atoms in total. The van der Waals surface area contributed by atoms with Crippen LogP contribution in [0.4, 0.5) is 11.6 Å². The molecular weight excluding hydrogens is 242 g/mol. The van der Waals surface area contributed by atoms with Crippen LogP contribution in [0.15, 0.2) is 6.33 Å². The summed E-state index contributed by atoms with van der Waals surface area (Å²) < 4.78 is 0. The second-order valence-electron chi connectivity index (χ2n) is 4.82. The number of nitrogens with one attached hydrogen (secondary N) is 2. The zero-order valence-electron chi connectivity index (χ0n) is 11.7. The Morgan fingerprint density at radius 2 is 2.21 bits per heavy atom. The van der Waals surface area contributed by atoms with Crippen LogP contribution in [0, 0.1) is 12.8 Å². The van der Waals surface area contributed by atoms with Gasteiger partial charge in [0, 0.05) is 32.7 Å². The van der Waals surface area contributed by atoms with Gasteiger partial charge in [-0.3, -0.25) is 4.79 Å². The maximum atomic E-state index is 11.8. The van der Waals surface area contributed by atoms with Gasteiger partial charge in [-0.2, -0.15) is 0 Å². The lowest BCUT2D eigenvalue weighted by Gasteiger charge is -2.33. The third-order valence-electron chi connectivity index (χ3n) is 3.63. The van der Waals surface area contributed by atoms with Gasteiger partial charge in [0.2, 0.25) is 5.91 Å². The molecule has 0 radical (unpaired) electrons. The Hall–Kier alpha value is -1.85. The highest BCUT2D eigenvalue weighted by atomic mass is 16.1. The Morgan fingerprint density at radius 3 is 2.89 bits per heavy atom. The summed E-state index contributed by atoms with van der Waals surface area (Å²) in [5.41, 5.74) is 1.03. The molecule has 0 saturated carbocycles. The first kappa shape index (κ1) is 13.6. The molecular formula is C13H21N5O. The van der Waals surface area contributed by atoms with Crippen molar-refractivity contribution >= 4 is 17.5 Å². The van der Waals surface area contributed by atoms with Crippen molar-refractivity contribution in [3.8, 4) is 0 Å². The van der Waals surface area contributed by atoms with Gasteiger partial charge < -0.3 is 15.5 Å². The third-order valence-corrected chi connectivity index (χ3v) is 3.63. The fraction of sp³-hybridized carbons (Fsp3) is 0.615. The van der Waals surface area contributed by atoms with E-state index in [0.717, 1.165) is 43.1 Å². The fourth-order valence-corrected chi connectivity index (χ4v) is 2.60. The van der Waals surface area contributed by atoms with Crippen molar-refractivity contribution in [1.82, 2.24) is 15.3 Å². The summed E-state index contributed by atoms with van der Waals surface area (Å²) in [5, 5.41) is 5.80. The minimum Gasteiger partial charge on any atom is -0.373 e. The summed E-state index contributed by atoms with van der Waals surface area (Å²) >= 11 is 0. The quantitative estimate of drug-likeness (QED) is 0.843. The summed E-state index contributed by atoms with van der Waals surface area (Å²) in [6.45, 7) is 3.67. The van der Waals surface area contributed by atoms with E-state index in [-0.39, 0.29) is 11.8 Å². The van der Waals surface area contributed by atoms with E-state index in [4.69, 9.17) is 0 Å². The maximum absolute atomic E-state index is 11.8. The predicted molar refractivity (Wildman–Crippen MR) is 75.3 cm³/mol. The van der Waals surface area contributed by atoms with E-state index < -0.39 is 0 Å². The minimum atomic E-state index is 0.0474. The van der Waals surface area contributed by atoms with Crippen molar-refractivity contribution in [2.45, 2.75) is 19.8 Å². The van der Waals surface area contributed by atoms with E-state index in [9.17, 15) is 4.79 Å². The molecule has 19 heavy (non-hydrogen) atoms. The molecule has 0 aromatic carbocycles. The lowest BCUT2D eigenvalue weighted by Crippen LogP contribution is -2.42. The van der Waals surface area contributed by atoms with Gasteiger partial charge >= 0.3 is 0 Å². The van der Waals surface area contributed by atoms with Gasteiger partial charge in [-0.05, 0) is 19.8 Å². The van der Waals surface area contributed by atoms with Crippen LogP contribution in [0.5, 0.6) is 0 Å². The number of nitrogens with zero attached hydrogens (tertiary/aromatic N) is 3. The van der Waals surface area contributed by atoms with Gasteiger partial charge in [-0.15, -0.1) is 0 Å². The zero-order valence-corrected chi connectivity index (χ0v) is 11.7. The zero-order chi connectivity index (χ0) is 13.8. The third kappa shape index (κ3) is 2.77. The highest BCUT2D eigenvalue weighted by Crippen LogP contribution is 2.26. The molecule has 0 aliphatic carbocycles. The van der Waals surface area contributed by atoms with Crippen LogP contribution < -0.4 is 15.5 Å². The van der Waals surface area contributed by atoms with Gasteiger partial charge in [-0.1, -0.05) is 0 Å². The average molecular weight is 263 g/mol. The van der Waals surface area contributed by atoms with Gasteiger partial charge in [0.1, 0.15) is 18.0 Å². The normalized spacial score (nSPS) is 19.1. The molecule has 1 saturated heterocycles. The number of carbonyl (C=O) groups excluding carboxylic acids is 1. The number of hydrogen-bond donors (Lipinski definition) is 2. The minimum absolute atomic E-state index is 0.0474. The van der Waals surface area contributed by atoms with E-state index in [2.05, 4.69) is 25.5 Å². The van der Waals surface area contributed by atoms with E-state index in [0.29, 0.717) is 0 Å². The molecule has 1 atom stereocenters. The van der Waals surface area contributed by atoms with E-state index in [1.54, 1.807) is 13.4 Å². The Bertz CT molecular complexity index is 462. The van der Waals surface area contributed by atoms with Crippen LogP contribution in [-0.4, -0.2) is 43.1 Å². The SMILES string of the molecule is CNC(=O)C1CCCN(c2ncnc(NC)c2C)C1. The van der Waals surface area contributed by atoms with Crippen LogP contribution in [-0.2, 0) is 4.79 Å². The molecule has 1 aromatic heterocycles. The highest BCUT2D eigenvalue weighted by molar-refractivity contribution is 5.79.